The lowest BCUT2D eigenvalue weighted by Gasteiger charge is -2.29. The van der Waals surface area contributed by atoms with E-state index < -0.39 is 0 Å². The second kappa shape index (κ2) is 8.42. The molecule has 1 N–H and O–H groups in total. The summed E-state index contributed by atoms with van der Waals surface area (Å²) in [4.78, 5) is 24.8. The monoisotopic (exact) mass is 292 g/mol. The van der Waals surface area contributed by atoms with Gasteiger partial charge in [-0.15, -0.1) is 0 Å². The van der Waals surface area contributed by atoms with Crippen LogP contribution in [0.1, 0.15) is 32.3 Å². The zero-order valence-corrected chi connectivity index (χ0v) is 13.2. The lowest BCUT2D eigenvalue weighted by Crippen LogP contribution is -2.50. The molecule has 116 valence electrons. The molecular formula is C16H24N2O3. The summed E-state index contributed by atoms with van der Waals surface area (Å²) in [6.07, 6.45) is 0.987. The number of amides is 2. The smallest absolute Gasteiger partial charge is 0.243 e. The maximum atomic E-state index is 11.7. The normalized spacial score (nSPS) is 17.9. The molecule has 0 spiro atoms. The van der Waals surface area contributed by atoms with E-state index >= 15 is 0 Å². The topological polar surface area (TPSA) is 58.6 Å². The van der Waals surface area contributed by atoms with Crippen molar-refractivity contribution in [3.8, 4) is 5.75 Å². The molecule has 1 saturated heterocycles. The van der Waals surface area contributed by atoms with E-state index in [0.717, 1.165) is 11.3 Å². The quantitative estimate of drug-likeness (QED) is 0.862. The molecule has 0 bridgehead atoms. The van der Waals surface area contributed by atoms with Crippen LogP contribution in [0.25, 0.3) is 0 Å². The predicted octanol–water partition coefficient (Wildman–Crippen LogP) is 1.96. The first-order valence-corrected chi connectivity index (χ1v) is 7.27. The number of nitrogens with one attached hydrogen (secondary N) is 1. The fraction of sp³-hybridized carbons (Fsp3) is 0.500. The zero-order valence-electron chi connectivity index (χ0n) is 13.2. The van der Waals surface area contributed by atoms with E-state index in [1.54, 1.807) is 7.11 Å². The maximum Gasteiger partial charge on any atom is 0.243 e. The van der Waals surface area contributed by atoms with Crippen LogP contribution >= 0.6 is 0 Å². The molecule has 0 aromatic heterocycles. The molecule has 1 fully saturated rings. The molecule has 5 heteroatoms. The minimum Gasteiger partial charge on any atom is -0.497 e. The van der Waals surface area contributed by atoms with Gasteiger partial charge in [0.05, 0.1) is 13.2 Å². The third-order valence-electron chi connectivity index (χ3n) is 3.33. The van der Waals surface area contributed by atoms with Crippen molar-refractivity contribution in [2.24, 2.45) is 0 Å². The Morgan fingerprint density at radius 3 is 2.38 bits per heavy atom. The molecule has 0 aliphatic carbocycles. The molecule has 0 saturated carbocycles. The van der Waals surface area contributed by atoms with Crippen LogP contribution in [-0.2, 0) is 16.1 Å². The summed E-state index contributed by atoms with van der Waals surface area (Å²) in [5, 5.41) is 2.37. The van der Waals surface area contributed by atoms with Crippen molar-refractivity contribution in [3.05, 3.63) is 29.8 Å². The highest BCUT2D eigenvalue weighted by Gasteiger charge is 2.29. The summed E-state index contributed by atoms with van der Waals surface area (Å²) in [6.45, 7) is 4.66. The van der Waals surface area contributed by atoms with Crippen molar-refractivity contribution in [2.75, 3.05) is 14.2 Å². The van der Waals surface area contributed by atoms with Gasteiger partial charge in [0.1, 0.15) is 5.75 Å². The Labute approximate surface area is 126 Å². The number of imide groups is 1. The first kappa shape index (κ1) is 17.2. The lowest BCUT2D eigenvalue weighted by atomic mass is 10.0. The number of piperidine rings is 1. The minimum atomic E-state index is -0.236. The van der Waals surface area contributed by atoms with Crippen LogP contribution in [0, 0.1) is 0 Å². The highest BCUT2D eigenvalue weighted by molar-refractivity contribution is 6.00. The summed E-state index contributed by atoms with van der Waals surface area (Å²) < 4.78 is 5.10. The average Bonchev–Trinajstić information content (AvgIpc) is 2.50. The number of ether oxygens (including phenoxy) is 1. The molecule has 1 unspecified atom stereocenters. The lowest BCUT2D eigenvalue weighted by molar-refractivity contribution is -0.137. The number of rotatable bonds is 4. The first-order valence-electron chi connectivity index (χ1n) is 7.27. The molecule has 1 aliphatic heterocycles. The van der Waals surface area contributed by atoms with Crippen LogP contribution in [0.4, 0.5) is 0 Å². The molecule has 1 aromatic carbocycles. The standard InChI is InChI=1S/C14H18N2O3.C2H6/c1-16(12-7-8-13(17)15-14(12)18)9-10-3-5-11(19-2)6-4-10;1-2/h3-6,12H,7-9H2,1-2H3,(H,15,17,18);1-2H3. The predicted molar refractivity (Wildman–Crippen MR) is 82.0 cm³/mol. The number of carbonyl (C=O) groups is 2. The van der Waals surface area contributed by atoms with Gasteiger partial charge >= 0.3 is 0 Å². The van der Waals surface area contributed by atoms with Crippen molar-refractivity contribution < 1.29 is 14.3 Å². The molecule has 1 heterocycles. The Balaban J connectivity index is 0.00000106. The Morgan fingerprint density at radius 1 is 1.24 bits per heavy atom. The number of likely N-dealkylation sites (N-methyl/N-ethyl adjacent to an activating group) is 1. The molecule has 1 aromatic rings. The van der Waals surface area contributed by atoms with Crippen molar-refractivity contribution in [2.45, 2.75) is 39.3 Å². The van der Waals surface area contributed by atoms with E-state index in [0.29, 0.717) is 19.4 Å². The van der Waals surface area contributed by atoms with Gasteiger partial charge in [0.15, 0.2) is 0 Å². The van der Waals surface area contributed by atoms with Crippen LogP contribution in [0.3, 0.4) is 0 Å². The van der Waals surface area contributed by atoms with Gasteiger partial charge in [-0.2, -0.15) is 0 Å². The molecule has 2 amide bonds. The average molecular weight is 292 g/mol. The fourth-order valence-corrected chi connectivity index (χ4v) is 2.23. The van der Waals surface area contributed by atoms with E-state index in [-0.39, 0.29) is 17.9 Å². The summed E-state index contributed by atoms with van der Waals surface area (Å²) in [5.41, 5.74) is 1.10. The van der Waals surface area contributed by atoms with Crippen LogP contribution in [0.15, 0.2) is 24.3 Å². The van der Waals surface area contributed by atoms with Crippen molar-refractivity contribution in [1.29, 1.82) is 0 Å². The molecule has 1 aliphatic rings. The van der Waals surface area contributed by atoms with Gasteiger partial charge in [-0.05, 0) is 31.2 Å². The Hall–Kier alpha value is -1.88. The van der Waals surface area contributed by atoms with Crippen LogP contribution in [0.5, 0.6) is 5.75 Å². The largest absolute Gasteiger partial charge is 0.497 e. The summed E-state index contributed by atoms with van der Waals surface area (Å²) in [6, 6.07) is 7.50. The van der Waals surface area contributed by atoms with Crippen molar-refractivity contribution in [3.63, 3.8) is 0 Å². The fourth-order valence-electron chi connectivity index (χ4n) is 2.23. The van der Waals surface area contributed by atoms with Gasteiger partial charge in [-0.25, -0.2) is 0 Å². The van der Waals surface area contributed by atoms with Crippen molar-refractivity contribution >= 4 is 11.8 Å². The van der Waals surface area contributed by atoms with Crippen molar-refractivity contribution in [1.82, 2.24) is 10.2 Å². The van der Waals surface area contributed by atoms with Gasteiger partial charge in [-0.1, -0.05) is 26.0 Å². The Morgan fingerprint density at radius 2 is 1.86 bits per heavy atom. The number of carbonyl (C=O) groups excluding carboxylic acids is 2. The van der Waals surface area contributed by atoms with Gasteiger partial charge in [0.2, 0.25) is 11.8 Å². The zero-order chi connectivity index (χ0) is 15.8. The number of hydrogen-bond donors (Lipinski definition) is 1. The number of nitrogens with zero attached hydrogens (tertiary/aromatic N) is 1. The van der Waals surface area contributed by atoms with E-state index in [2.05, 4.69) is 5.32 Å². The van der Waals surface area contributed by atoms with E-state index in [1.807, 2.05) is 50.1 Å². The van der Waals surface area contributed by atoms with E-state index in [1.165, 1.54) is 0 Å². The van der Waals surface area contributed by atoms with Crippen LogP contribution in [0.2, 0.25) is 0 Å². The second-order valence-corrected chi connectivity index (χ2v) is 4.73. The highest BCUT2D eigenvalue weighted by atomic mass is 16.5. The molecular weight excluding hydrogens is 268 g/mol. The molecule has 1 atom stereocenters. The SMILES string of the molecule is CC.COc1ccc(CN(C)C2CCC(=O)NC2=O)cc1. The van der Waals surface area contributed by atoms with Gasteiger partial charge in [0.25, 0.3) is 0 Å². The minimum absolute atomic E-state index is 0.181. The van der Waals surface area contributed by atoms with Gasteiger partial charge in [0, 0.05) is 13.0 Å². The molecule has 5 nitrogen and oxygen atoms in total. The van der Waals surface area contributed by atoms with E-state index in [9.17, 15) is 9.59 Å². The van der Waals surface area contributed by atoms with E-state index in [4.69, 9.17) is 4.74 Å². The summed E-state index contributed by atoms with van der Waals surface area (Å²) >= 11 is 0. The van der Waals surface area contributed by atoms with Crippen LogP contribution < -0.4 is 10.1 Å². The van der Waals surface area contributed by atoms with Gasteiger partial charge in [-0.3, -0.25) is 19.8 Å². The number of methoxy groups -OCH3 is 1. The summed E-state index contributed by atoms with van der Waals surface area (Å²) in [5.74, 6) is 0.429. The molecule has 0 radical (unpaired) electrons. The Kier molecular flexibility index (Phi) is 6.88. The highest BCUT2D eigenvalue weighted by Crippen LogP contribution is 2.16. The Bertz CT molecular complexity index is 471. The number of hydrogen-bond acceptors (Lipinski definition) is 4. The van der Waals surface area contributed by atoms with Gasteiger partial charge < -0.3 is 4.74 Å². The van der Waals surface area contributed by atoms with Crippen LogP contribution in [-0.4, -0.2) is 36.9 Å². The first-order chi connectivity index (χ1) is 10.1. The molecule has 21 heavy (non-hydrogen) atoms. The third kappa shape index (κ3) is 4.86. The molecule has 2 rings (SSSR count). The second-order valence-electron chi connectivity index (χ2n) is 4.73. The summed E-state index contributed by atoms with van der Waals surface area (Å²) in [7, 11) is 3.52. The maximum absolute atomic E-state index is 11.7. The third-order valence-corrected chi connectivity index (χ3v) is 3.33. The number of benzene rings is 1.